The highest BCUT2D eigenvalue weighted by Crippen LogP contribution is 2.41. The summed E-state index contributed by atoms with van der Waals surface area (Å²) in [6.45, 7) is 4.40. The quantitative estimate of drug-likeness (QED) is 0.659. The molecule has 2 aliphatic rings. The molecule has 1 aliphatic heterocycles. The summed E-state index contributed by atoms with van der Waals surface area (Å²) < 4.78 is 25.3. The monoisotopic (exact) mass is 436 g/mol. The van der Waals surface area contributed by atoms with Crippen LogP contribution in [0.15, 0.2) is 41.4 Å². The van der Waals surface area contributed by atoms with E-state index in [9.17, 15) is 13.2 Å². The number of carbonyl (C=O) groups excluding carboxylic acids is 1. The molecule has 2 aromatic heterocycles. The molecule has 0 bridgehead atoms. The minimum atomic E-state index is -3.58. The fourth-order valence-electron chi connectivity index (χ4n) is 4.37. The van der Waals surface area contributed by atoms with Crippen LogP contribution in [0.1, 0.15) is 41.4 Å². The SMILES string of the molecule is Cc1cc(-c2cc(-c3cc4c(c(S(C)(=O)=O)c3)C(=O)N(C(C)C3CC3)C4)ccn2)[nH]n1. The molecule has 5 rings (SSSR count). The third-order valence-corrected chi connectivity index (χ3v) is 7.39. The molecule has 1 aromatic carbocycles. The summed E-state index contributed by atoms with van der Waals surface area (Å²) in [6.07, 6.45) is 5.11. The lowest BCUT2D eigenvalue weighted by Crippen LogP contribution is -2.35. The molecule has 31 heavy (non-hydrogen) atoms. The number of nitrogens with one attached hydrogen (secondary N) is 1. The molecule has 3 heterocycles. The predicted octanol–water partition coefficient (Wildman–Crippen LogP) is 3.60. The molecular formula is C23H24N4O3S. The molecule has 0 spiro atoms. The van der Waals surface area contributed by atoms with Gasteiger partial charge in [0, 0.05) is 25.0 Å². The lowest BCUT2D eigenvalue weighted by molar-refractivity contribution is 0.0694. The Hall–Kier alpha value is -3.00. The first-order valence-electron chi connectivity index (χ1n) is 10.4. The Morgan fingerprint density at radius 3 is 2.58 bits per heavy atom. The maximum atomic E-state index is 13.2. The van der Waals surface area contributed by atoms with Crippen LogP contribution in [0.25, 0.3) is 22.5 Å². The Labute approximate surface area is 181 Å². The van der Waals surface area contributed by atoms with E-state index in [0.717, 1.165) is 52.9 Å². The average Bonchev–Trinajstić information content (AvgIpc) is 3.41. The molecule has 1 amide bonds. The van der Waals surface area contributed by atoms with Crippen LogP contribution < -0.4 is 0 Å². The third kappa shape index (κ3) is 3.54. The summed E-state index contributed by atoms with van der Waals surface area (Å²) in [4.78, 5) is 19.5. The van der Waals surface area contributed by atoms with Crippen LogP contribution in [0.3, 0.4) is 0 Å². The van der Waals surface area contributed by atoms with Gasteiger partial charge in [-0.1, -0.05) is 0 Å². The number of hydrogen-bond acceptors (Lipinski definition) is 5. The molecule has 7 nitrogen and oxygen atoms in total. The zero-order valence-electron chi connectivity index (χ0n) is 17.7. The van der Waals surface area contributed by atoms with Crippen LogP contribution in [0.4, 0.5) is 0 Å². The van der Waals surface area contributed by atoms with Crippen molar-refractivity contribution in [3.05, 3.63) is 53.3 Å². The molecule has 0 radical (unpaired) electrons. The topological polar surface area (TPSA) is 96.0 Å². The molecule has 1 N–H and O–H groups in total. The average molecular weight is 437 g/mol. The van der Waals surface area contributed by atoms with Crippen LogP contribution in [-0.2, 0) is 16.4 Å². The summed E-state index contributed by atoms with van der Waals surface area (Å²) in [5, 5.41) is 7.11. The number of pyridine rings is 1. The molecule has 3 aromatic rings. The second-order valence-corrected chi connectivity index (χ2v) is 10.6. The first kappa shape index (κ1) is 19.9. The Balaban J connectivity index is 1.61. The molecule has 1 saturated carbocycles. The fraction of sp³-hybridized carbons (Fsp3) is 0.348. The van der Waals surface area contributed by atoms with Gasteiger partial charge in [0.25, 0.3) is 5.91 Å². The minimum Gasteiger partial charge on any atom is -0.331 e. The second-order valence-electron chi connectivity index (χ2n) is 8.64. The van der Waals surface area contributed by atoms with Gasteiger partial charge in [-0.05, 0) is 79.6 Å². The maximum Gasteiger partial charge on any atom is 0.256 e. The van der Waals surface area contributed by atoms with Gasteiger partial charge in [-0.3, -0.25) is 14.9 Å². The number of sulfone groups is 1. The van der Waals surface area contributed by atoms with E-state index in [2.05, 4.69) is 22.1 Å². The largest absolute Gasteiger partial charge is 0.331 e. The van der Waals surface area contributed by atoms with E-state index in [-0.39, 0.29) is 16.8 Å². The van der Waals surface area contributed by atoms with Crippen LogP contribution in [0, 0.1) is 12.8 Å². The Morgan fingerprint density at radius 2 is 1.94 bits per heavy atom. The lowest BCUT2D eigenvalue weighted by Gasteiger charge is -2.24. The molecule has 1 unspecified atom stereocenters. The van der Waals surface area contributed by atoms with Crippen LogP contribution in [0.2, 0.25) is 0 Å². The summed E-state index contributed by atoms with van der Waals surface area (Å²) >= 11 is 0. The first-order valence-corrected chi connectivity index (χ1v) is 12.3. The van der Waals surface area contributed by atoms with E-state index in [1.807, 2.05) is 36.1 Å². The highest BCUT2D eigenvalue weighted by molar-refractivity contribution is 7.90. The zero-order chi connectivity index (χ0) is 21.9. The summed E-state index contributed by atoms with van der Waals surface area (Å²) in [6, 6.07) is 9.34. The van der Waals surface area contributed by atoms with Crippen molar-refractivity contribution in [2.45, 2.75) is 44.2 Å². The van der Waals surface area contributed by atoms with Crippen molar-refractivity contribution >= 4 is 15.7 Å². The van der Waals surface area contributed by atoms with Gasteiger partial charge < -0.3 is 4.90 Å². The van der Waals surface area contributed by atoms with Gasteiger partial charge in [0.05, 0.1) is 27.5 Å². The Kier molecular flexibility index (Phi) is 4.51. The lowest BCUT2D eigenvalue weighted by atomic mass is 10.00. The number of aromatic amines is 1. The van der Waals surface area contributed by atoms with E-state index in [1.165, 1.54) is 0 Å². The van der Waals surface area contributed by atoms with Crippen LogP contribution in [0.5, 0.6) is 0 Å². The standard InChI is InChI=1S/C23H24N4O3S/c1-13-8-20(26-25-13)19-10-16(6-7-24-19)17-9-18-12-27(14(2)15-4-5-15)23(28)22(18)21(11-17)31(3,29)30/h6-11,14-15H,4-5,12H2,1-3H3,(H,25,26). The fourth-order valence-corrected chi connectivity index (χ4v) is 5.30. The third-order valence-electron chi connectivity index (χ3n) is 6.27. The molecule has 1 fully saturated rings. The van der Waals surface area contributed by atoms with Crippen molar-refractivity contribution < 1.29 is 13.2 Å². The van der Waals surface area contributed by atoms with Crippen molar-refractivity contribution in [3.8, 4) is 22.5 Å². The minimum absolute atomic E-state index is 0.103. The van der Waals surface area contributed by atoms with Gasteiger partial charge in [-0.2, -0.15) is 5.10 Å². The zero-order valence-corrected chi connectivity index (χ0v) is 18.5. The summed E-state index contributed by atoms with van der Waals surface area (Å²) in [5.74, 6) is 0.338. The number of benzene rings is 1. The van der Waals surface area contributed by atoms with E-state index >= 15 is 0 Å². The Bertz CT molecular complexity index is 1310. The number of rotatable bonds is 5. The van der Waals surface area contributed by atoms with Crippen LogP contribution >= 0.6 is 0 Å². The van der Waals surface area contributed by atoms with Gasteiger partial charge in [-0.15, -0.1) is 0 Å². The number of hydrogen-bond donors (Lipinski definition) is 1. The normalized spacial score (nSPS) is 17.1. The van der Waals surface area contributed by atoms with E-state index in [4.69, 9.17) is 0 Å². The summed E-state index contributed by atoms with van der Waals surface area (Å²) in [5.41, 5.74) is 5.08. The molecule has 1 aliphatic carbocycles. The van der Waals surface area contributed by atoms with Gasteiger partial charge >= 0.3 is 0 Å². The highest BCUT2D eigenvalue weighted by Gasteiger charge is 2.40. The van der Waals surface area contributed by atoms with Crippen LogP contribution in [-0.4, -0.2) is 46.7 Å². The van der Waals surface area contributed by atoms with Crippen molar-refractivity contribution in [2.24, 2.45) is 5.92 Å². The van der Waals surface area contributed by atoms with Gasteiger partial charge in [-0.25, -0.2) is 8.42 Å². The number of nitrogens with zero attached hydrogens (tertiary/aromatic N) is 3. The molecule has 0 saturated heterocycles. The number of H-pyrrole nitrogens is 1. The predicted molar refractivity (Wildman–Crippen MR) is 117 cm³/mol. The van der Waals surface area contributed by atoms with Crippen molar-refractivity contribution in [1.29, 1.82) is 0 Å². The number of amides is 1. The molecule has 1 atom stereocenters. The van der Waals surface area contributed by atoms with Crippen molar-refractivity contribution in [2.75, 3.05) is 6.26 Å². The van der Waals surface area contributed by atoms with Crippen molar-refractivity contribution in [3.63, 3.8) is 0 Å². The van der Waals surface area contributed by atoms with E-state index in [1.54, 1.807) is 12.3 Å². The van der Waals surface area contributed by atoms with Gasteiger partial charge in [0.2, 0.25) is 0 Å². The van der Waals surface area contributed by atoms with E-state index < -0.39 is 9.84 Å². The molecule has 8 heteroatoms. The number of aryl methyl sites for hydroxylation is 1. The number of fused-ring (bicyclic) bond motifs is 1. The molecule has 160 valence electrons. The highest BCUT2D eigenvalue weighted by atomic mass is 32.2. The van der Waals surface area contributed by atoms with Gasteiger partial charge in [0.15, 0.2) is 9.84 Å². The Morgan fingerprint density at radius 1 is 1.16 bits per heavy atom. The maximum absolute atomic E-state index is 13.2. The number of aromatic nitrogens is 3. The number of carbonyl (C=O) groups is 1. The molecular weight excluding hydrogens is 412 g/mol. The second kappa shape index (κ2) is 7.02. The summed E-state index contributed by atoms with van der Waals surface area (Å²) in [7, 11) is -3.58. The van der Waals surface area contributed by atoms with E-state index in [0.29, 0.717) is 18.0 Å². The first-order chi connectivity index (χ1) is 14.7. The smallest absolute Gasteiger partial charge is 0.256 e. The van der Waals surface area contributed by atoms with Gasteiger partial charge in [0.1, 0.15) is 0 Å². The van der Waals surface area contributed by atoms with Crippen molar-refractivity contribution in [1.82, 2.24) is 20.1 Å².